The molecule has 2 aromatic carbocycles. The number of hydrogen-bond donors (Lipinski definition) is 2. The topological polar surface area (TPSA) is 98.0 Å². The molecule has 1 aromatic heterocycles. The van der Waals surface area contributed by atoms with E-state index in [0.717, 1.165) is 48.1 Å². The van der Waals surface area contributed by atoms with E-state index in [4.69, 9.17) is 5.84 Å². The van der Waals surface area contributed by atoms with Gasteiger partial charge in [-0.1, -0.05) is 43.0 Å². The van der Waals surface area contributed by atoms with Crippen LogP contribution in [0.15, 0.2) is 91.8 Å². The van der Waals surface area contributed by atoms with Gasteiger partial charge in [0, 0.05) is 50.3 Å². The highest BCUT2D eigenvalue weighted by Crippen LogP contribution is 2.26. The zero-order chi connectivity index (χ0) is 27.8. The Morgan fingerprint density at radius 1 is 1.00 bits per heavy atom. The second-order valence-electron chi connectivity index (χ2n) is 9.73. The molecule has 1 saturated heterocycles. The maximum absolute atomic E-state index is 13.4. The number of nitrogens with two attached hydrogens (primary N) is 1. The molecule has 3 N–H and O–H groups in total. The van der Waals surface area contributed by atoms with Crippen LogP contribution >= 0.6 is 0 Å². The standard InChI is InChI=1S/C30H37N7O2/c1-4-36(23(2)3)30(39)37(31)27-15-13-26(14-16-27)34-18-20-35(21-19-34)28(24-10-6-5-7-11-24)29(38)33-22-25-12-8-9-17-32-25/h4-17,23,28H,1,18-22,31H2,2-3H3,(H,33,38). The number of carbonyl (C=O) groups is 2. The summed E-state index contributed by atoms with van der Waals surface area (Å²) in [5.74, 6) is 6.08. The predicted molar refractivity (Wildman–Crippen MR) is 155 cm³/mol. The van der Waals surface area contributed by atoms with Gasteiger partial charge >= 0.3 is 6.03 Å². The van der Waals surface area contributed by atoms with E-state index in [-0.39, 0.29) is 24.0 Å². The summed E-state index contributed by atoms with van der Waals surface area (Å²) in [4.78, 5) is 36.4. The van der Waals surface area contributed by atoms with E-state index in [1.54, 1.807) is 6.20 Å². The van der Waals surface area contributed by atoms with Crippen molar-refractivity contribution < 1.29 is 9.59 Å². The average Bonchev–Trinajstić information content (AvgIpc) is 2.97. The number of benzene rings is 2. The lowest BCUT2D eigenvalue weighted by molar-refractivity contribution is -0.127. The van der Waals surface area contributed by atoms with E-state index in [1.165, 1.54) is 11.1 Å². The molecule has 1 atom stereocenters. The molecule has 1 fully saturated rings. The van der Waals surface area contributed by atoms with Crippen LogP contribution in [0.25, 0.3) is 0 Å². The van der Waals surface area contributed by atoms with Gasteiger partial charge in [0.15, 0.2) is 0 Å². The van der Waals surface area contributed by atoms with Crippen LogP contribution in [0.4, 0.5) is 16.2 Å². The summed E-state index contributed by atoms with van der Waals surface area (Å²) in [5, 5.41) is 4.21. The minimum absolute atomic E-state index is 0.0349. The Labute approximate surface area is 230 Å². The lowest BCUT2D eigenvalue weighted by Gasteiger charge is -2.40. The molecule has 3 aromatic rings. The van der Waals surface area contributed by atoms with Crippen molar-refractivity contribution in [1.82, 2.24) is 20.1 Å². The molecule has 4 rings (SSSR count). The highest BCUT2D eigenvalue weighted by Gasteiger charge is 2.30. The number of aromatic nitrogens is 1. The molecule has 9 heteroatoms. The number of nitrogens with one attached hydrogen (secondary N) is 1. The summed E-state index contributed by atoms with van der Waals surface area (Å²) < 4.78 is 0. The minimum atomic E-state index is -0.384. The van der Waals surface area contributed by atoms with Crippen molar-refractivity contribution in [1.29, 1.82) is 0 Å². The third-order valence-electron chi connectivity index (χ3n) is 6.89. The second kappa shape index (κ2) is 13.0. The van der Waals surface area contributed by atoms with Gasteiger partial charge in [-0.25, -0.2) is 15.6 Å². The van der Waals surface area contributed by atoms with Crippen LogP contribution in [0, 0.1) is 0 Å². The van der Waals surface area contributed by atoms with Gasteiger partial charge in [-0.05, 0) is 55.8 Å². The van der Waals surface area contributed by atoms with Crippen LogP contribution in [0.1, 0.15) is 31.1 Å². The largest absolute Gasteiger partial charge is 0.369 e. The predicted octanol–water partition coefficient (Wildman–Crippen LogP) is 3.92. The first kappa shape index (κ1) is 27.8. The van der Waals surface area contributed by atoms with Crippen molar-refractivity contribution in [2.75, 3.05) is 36.1 Å². The molecule has 0 spiro atoms. The van der Waals surface area contributed by atoms with E-state index in [9.17, 15) is 9.59 Å². The first-order valence-electron chi connectivity index (χ1n) is 13.2. The summed E-state index contributed by atoms with van der Waals surface area (Å²) in [6.07, 6.45) is 3.22. The number of urea groups is 1. The first-order chi connectivity index (χ1) is 18.9. The zero-order valence-corrected chi connectivity index (χ0v) is 22.6. The van der Waals surface area contributed by atoms with Gasteiger partial charge in [0.2, 0.25) is 5.91 Å². The number of hydrogen-bond acceptors (Lipinski definition) is 6. The summed E-state index contributed by atoms with van der Waals surface area (Å²) in [7, 11) is 0. The van der Waals surface area contributed by atoms with Gasteiger partial charge in [-0.15, -0.1) is 0 Å². The molecule has 1 unspecified atom stereocenters. The summed E-state index contributed by atoms with van der Waals surface area (Å²) in [6.45, 7) is 10.9. The Bertz CT molecular complexity index is 1230. The van der Waals surface area contributed by atoms with Gasteiger partial charge in [0.25, 0.3) is 0 Å². The van der Waals surface area contributed by atoms with E-state index >= 15 is 0 Å². The van der Waals surface area contributed by atoms with E-state index in [2.05, 4.69) is 26.7 Å². The van der Waals surface area contributed by atoms with Gasteiger partial charge < -0.3 is 10.2 Å². The van der Waals surface area contributed by atoms with Crippen LogP contribution in [0.3, 0.4) is 0 Å². The van der Waals surface area contributed by atoms with Crippen molar-refractivity contribution in [3.8, 4) is 0 Å². The molecule has 3 amide bonds. The van der Waals surface area contributed by atoms with Gasteiger partial charge in [-0.3, -0.25) is 19.6 Å². The first-order valence-corrected chi connectivity index (χ1v) is 13.2. The number of rotatable bonds is 9. The van der Waals surface area contributed by atoms with Crippen molar-refractivity contribution in [3.63, 3.8) is 0 Å². The summed E-state index contributed by atoms with van der Waals surface area (Å²) in [6, 6.07) is 22.4. The van der Waals surface area contributed by atoms with Gasteiger partial charge in [0.1, 0.15) is 6.04 Å². The zero-order valence-electron chi connectivity index (χ0n) is 22.6. The molecule has 0 aliphatic carbocycles. The maximum atomic E-state index is 13.4. The number of piperazine rings is 1. The highest BCUT2D eigenvalue weighted by molar-refractivity contribution is 5.91. The Morgan fingerprint density at radius 3 is 2.26 bits per heavy atom. The SMILES string of the molecule is C=CN(C(=O)N(N)c1ccc(N2CCN(C(C(=O)NCc3ccccn3)c3ccccc3)CC2)cc1)C(C)C. The number of anilines is 2. The molecular formula is C30H37N7O2. The number of nitrogens with zero attached hydrogens (tertiary/aromatic N) is 5. The fourth-order valence-corrected chi connectivity index (χ4v) is 4.75. The highest BCUT2D eigenvalue weighted by atomic mass is 16.2. The van der Waals surface area contributed by atoms with Crippen LogP contribution in [-0.2, 0) is 11.3 Å². The Kier molecular flexibility index (Phi) is 9.30. The molecule has 204 valence electrons. The van der Waals surface area contributed by atoms with Gasteiger partial charge in [-0.2, -0.15) is 0 Å². The van der Waals surface area contributed by atoms with Crippen LogP contribution in [-0.4, -0.2) is 58.9 Å². The van der Waals surface area contributed by atoms with Crippen molar-refractivity contribution in [2.45, 2.75) is 32.5 Å². The van der Waals surface area contributed by atoms with Crippen LogP contribution in [0.2, 0.25) is 0 Å². The Morgan fingerprint density at radius 2 is 1.67 bits per heavy atom. The normalized spacial score (nSPS) is 14.5. The molecule has 0 bridgehead atoms. The summed E-state index contributed by atoms with van der Waals surface area (Å²) in [5.41, 5.74) is 3.43. The third-order valence-corrected chi connectivity index (χ3v) is 6.89. The van der Waals surface area contributed by atoms with E-state index < -0.39 is 0 Å². The van der Waals surface area contributed by atoms with Crippen LogP contribution < -0.4 is 21.1 Å². The smallest absolute Gasteiger partial charge is 0.343 e. The molecule has 39 heavy (non-hydrogen) atoms. The fraction of sp³-hybridized carbons (Fsp3) is 0.300. The summed E-state index contributed by atoms with van der Waals surface area (Å²) >= 11 is 0. The molecule has 2 heterocycles. The maximum Gasteiger partial charge on any atom is 0.343 e. The molecular weight excluding hydrogens is 490 g/mol. The lowest BCUT2D eigenvalue weighted by Crippen LogP contribution is -2.51. The van der Waals surface area contributed by atoms with Crippen molar-refractivity contribution >= 4 is 23.3 Å². The molecule has 9 nitrogen and oxygen atoms in total. The van der Waals surface area contributed by atoms with Gasteiger partial charge in [0.05, 0.1) is 17.9 Å². The minimum Gasteiger partial charge on any atom is -0.369 e. The number of amides is 3. The van der Waals surface area contributed by atoms with Crippen molar-refractivity contribution in [3.05, 3.63) is 103 Å². The van der Waals surface area contributed by atoms with E-state index in [1.807, 2.05) is 86.6 Å². The van der Waals surface area contributed by atoms with E-state index in [0.29, 0.717) is 12.2 Å². The van der Waals surface area contributed by atoms with Crippen LogP contribution in [0.5, 0.6) is 0 Å². The monoisotopic (exact) mass is 527 g/mol. The fourth-order valence-electron chi connectivity index (χ4n) is 4.75. The molecule has 1 aliphatic heterocycles. The average molecular weight is 528 g/mol. The second-order valence-corrected chi connectivity index (χ2v) is 9.73. The molecule has 0 radical (unpaired) electrons. The molecule has 0 saturated carbocycles. The Balaban J connectivity index is 1.40. The number of hydrazine groups is 1. The molecule has 1 aliphatic rings. The quantitative estimate of drug-likeness (QED) is 0.249. The number of carbonyl (C=O) groups excluding carboxylic acids is 2. The Hall–Kier alpha value is -4.21. The number of pyridine rings is 1. The third kappa shape index (κ3) is 6.81. The van der Waals surface area contributed by atoms with Crippen molar-refractivity contribution in [2.24, 2.45) is 5.84 Å². The lowest BCUT2D eigenvalue weighted by atomic mass is 10.0.